The van der Waals surface area contributed by atoms with Crippen LogP contribution in [0.25, 0.3) is 0 Å². The highest BCUT2D eigenvalue weighted by Gasteiger charge is 2.23. The maximum Gasteiger partial charge on any atom is 0.253 e. The number of rotatable bonds is 6. The van der Waals surface area contributed by atoms with Crippen molar-refractivity contribution in [2.75, 3.05) is 5.32 Å². The van der Waals surface area contributed by atoms with Crippen molar-refractivity contribution in [3.05, 3.63) is 63.6 Å². The second kappa shape index (κ2) is 9.06. The molecule has 2 aromatic rings. The first-order valence-electron chi connectivity index (χ1n) is 8.39. The molecule has 4 nitrogen and oxygen atoms in total. The van der Waals surface area contributed by atoms with Crippen molar-refractivity contribution in [3.63, 3.8) is 0 Å². The summed E-state index contributed by atoms with van der Waals surface area (Å²) in [6, 6.07) is 11.5. The van der Waals surface area contributed by atoms with Gasteiger partial charge < -0.3 is 10.6 Å². The quantitative estimate of drug-likeness (QED) is 0.719. The minimum Gasteiger partial charge on any atom is -0.340 e. The third-order valence-electron chi connectivity index (χ3n) is 3.82. The number of carbonyl (C=O) groups is 2. The van der Waals surface area contributed by atoms with Crippen LogP contribution in [0.1, 0.15) is 36.2 Å². The summed E-state index contributed by atoms with van der Waals surface area (Å²) in [7, 11) is 0. The fourth-order valence-corrected chi connectivity index (χ4v) is 2.97. The fourth-order valence-electron chi connectivity index (χ4n) is 2.48. The van der Waals surface area contributed by atoms with Crippen LogP contribution in [0.5, 0.6) is 0 Å². The van der Waals surface area contributed by atoms with Crippen LogP contribution in [0.3, 0.4) is 0 Å². The molecule has 2 rings (SSSR count). The maximum atomic E-state index is 12.7. The molecule has 0 saturated heterocycles. The number of nitrogens with one attached hydrogen (secondary N) is 2. The van der Waals surface area contributed by atoms with Crippen molar-refractivity contribution < 1.29 is 9.59 Å². The summed E-state index contributed by atoms with van der Waals surface area (Å²) < 4.78 is 0. The largest absolute Gasteiger partial charge is 0.340 e. The Labute approximate surface area is 163 Å². The average molecular weight is 393 g/mol. The molecule has 0 aliphatic heterocycles. The monoisotopic (exact) mass is 392 g/mol. The molecule has 2 amide bonds. The minimum absolute atomic E-state index is 0.227. The van der Waals surface area contributed by atoms with Crippen molar-refractivity contribution in [1.29, 1.82) is 0 Å². The van der Waals surface area contributed by atoms with Gasteiger partial charge in [0.25, 0.3) is 5.91 Å². The molecule has 2 aromatic carbocycles. The number of benzene rings is 2. The first kappa shape index (κ1) is 20.3. The van der Waals surface area contributed by atoms with Crippen molar-refractivity contribution in [2.24, 2.45) is 5.92 Å². The van der Waals surface area contributed by atoms with E-state index in [2.05, 4.69) is 10.6 Å². The van der Waals surface area contributed by atoms with Gasteiger partial charge in [0, 0.05) is 10.7 Å². The van der Waals surface area contributed by atoms with E-state index in [1.54, 1.807) is 12.1 Å². The molecule has 1 atom stereocenters. The predicted octanol–water partition coefficient (Wildman–Crippen LogP) is 5.09. The van der Waals surface area contributed by atoms with Crippen LogP contribution in [0.4, 0.5) is 5.69 Å². The van der Waals surface area contributed by atoms with E-state index >= 15 is 0 Å². The number of aryl methyl sites for hydroxylation is 1. The molecular weight excluding hydrogens is 371 g/mol. The number of anilines is 1. The van der Waals surface area contributed by atoms with Gasteiger partial charge in [0.2, 0.25) is 5.91 Å². The lowest BCUT2D eigenvalue weighted by molar-refractivity contribution is -0.118. The van der Waals surface area contributed by atoms with Gasteiger partial charge in [0.05, 0.1) is 10.6 Å². The van der Waals surface area contributed by atoms with Crippen molar-refractivity contribution in [3.8, 4) is 0 Å². The molecule has 0 aromatic heterocycles. The zero-order chi connectivity index (χ0) is 19.3. The molecule has 0 radical (unpaired) electrons. The van der Waals surface area contributed by atoms with Crippen LogP contribution in [0, 0.1) is 12.8 Å². The van der Waals surface area contributed by atoms with Crippen LogP contribution >= 0.6 is 23.2 Å². The standard InChI is InChI=1S/C20H22Cl2N2O2/c1-12(2)10-18(20(26)23-15-7-4-13(3)5-8-15)24-19(25)16-9-6-14(21)11-17(16)22/h4-9,11-12,18H,10H2,1-3H3,(H,23,26)(H,24,25). The van der Waals surface area contributed by atoms with Crippen LogP contribution in [-0.2, 0) is 4.79 Å². The Balaban J connectivity index is 2.14. The first-order chi connectivity index (χ1) is 12.3. The predicted molar refractivity (Wildman–Crippen MR) is 107 cm³/mol. The molecule has 2 N–H and O–H groups in total. The molecule has 0 bridgehead atoms. The van der Waals surface area contributed by atoms with Gasteiger partial charge in [-0.1, -0.05) is 54.7 Å². The normalized spacial score (nSPS) is 11.9. The Bertz CT molecular complexity index is 789. The lowest BCUT2D eigenvalue weighted by atomic mass is 10.0. The van der Waals surface area contributed by atoms with Crippen LogP contribution in [0.15, 0.2) is 42.5 Å². The molecule has 6 heteroatoms. The molecule has 0 fully saturated rings. The number of hydrogen-bond donors (Lipinski definition) is 2. The molecule has 0 saturated carbocycles. The molecule has 26 heavy (non-hydrogen) atoms. The highest BCUT2D eigenvalue weighted by atomic mass is 35.5. The molecule has 0 aliphatic rings. The molecule has 138 valence electrons. The van der Waals surface area contributed by atoms with E-state index in [1.165, 1.54) is 6.07 Å². The zero-order valence-electron chi connectivity index (χ0n) is 15.0. The van der Waals surface area contributed by atoms with E-state index in [4.69, 9.17) is 23.2 Å². The van der Waals surface area contributed by atoms with Crippen LogP contribution < -0.4 is 10.6 Å². The van der Waals surface area contributed by atoms with Gasteiger partial charge in [0.15, 0.2) is 0 Å². The van der Waals surface area contributed by atoms with Gasteiger partial charge >= 0.3 is 0 Å². The van der Waals surface area contributed by atoms with E-state index in [-0.39, 0.29) is 22.4 Å². The van der Waals surface area contributed by atoms with E-state index in [0.29, 0.717) is 17.1 Å². The topological polar surface area (TPSA) is 58.2 Å². The molecule has 0 spiro atoms. The zero-order valence-corrected chi connectivity index (χ0v) is 16.5. The molecule has 0 aliphatic carbocycles. The third-order valence-corrected chi connectivity index (χ3v) is 4.37. The number of halogens is 2. The van der Waals surface area contributed by atoms with Crippen molar-refractivity contribution in [1.82, 2.24) is 5.32 Å². The molecular formula is C20H22Cl2N2O2. The Morgan fingerprint density at radius 2 is 1.69 bits per heavy atom. The Morgan fingerprint density at radius 1 is 1.04 bits per heavy atom. The second-order valence-electron chi connectivity index (χ2n) is 6.64. The smallest absolute Gasteiger partial charge is 0.253 e. The maximum absolute atomic E-state index is 12.7. The van der Waals surface area contributed by atoms with E-state index in [0.717, 1.165) is 5.56 Å². The summed E-state index contributed by atoms with van der Waals surface area (Å²) in [5.41, 5.74) is 2.08. The Hall–Kier alpha value is -2.04. The average Bonchev–Trinajstić information content (AvgIpc) is 2.55. The van der Waals surface area contributed by atoms with E-state index in [9.17, 15) is 9.59 Å². The Morgan fingerprint density at radius 3 is 2.27 bits per heavy atom. The van der Waals surface area contributed by atoms with Gasteiger partial charge in [-0.25, -0.2) is 0 Å². The molecule has 0 heterocycles. The summed E-state index contributed by atoms with van der Waals surface area (Å²) >= 11 is 12.0. The summed E-state index contributed by atoms with van der Waals surface area (Å²) in [6.07, 6.45) is 0.509. The van der Waals surface area contributed by atoms with Gasteiger partial charge in [-0.3, -0.25) is 9.59 Å². The summed E-state index contributed by atoms with van der Waals surface area (Å²) in [5, 5.41) is 6.32. The number of amides is 2. The first-order valence-corrected chi connectivity index (χ1v) is 9.15. The lowest BCUT2D eigenvalue weighted by Crippen LogP contribution is -2.44. The van der Waals surface area contributed by atoms with E-state index < -0.39 is 11.9 Å². The number of hydrogen-bond acceptors (Lipinski definition) is 2. The second-order valence-corrected chi connectivity index (χ2v) is 7.48. The SMILES string of the molecule is Cc1ccc(NC(=O)C(CC(C)C)NC(=O)c2ccc(Cl)cc2Cl)cc1. The highest BCUT2D eigenvalue weighted by molar-refractivity contribution is 6.36. The highest BCUT2D eigenvalue weighted by Crippen LogP contribution is 2.21. The van der Waals surface area contributed by atoms with E-state index in [1.807, 2.05) is 45.0 Å². The van der Waals surface area contributed by atoms with Crippen LogP contribution in [0.2, 0.25) is 10.0 Å². The van der Waals surface area contributed by atoms with Gasteiger partial charge in [-0.2, -0.15) is 0 Å². The third kappa shape index (κ3) is 5.75. The molecule has 1 unspecified atom stereocenters. The van der Waals surface area contributed by atoms with Crippen molar-refractivity contribution >= 4 is 40.7 Å². The lowest BCUT2D eigenvalue weighted by Gasteiger charge is -2.20. The van der Waals surface area contributed by atoms with Gasteiger partial charge in [-0.15, -0.1) is 0 Å². The minimum atomic E-state index is -0.671. The van der Waals surface area contributed by atoms with Gasteiger partial charge in [-0.05, 0) is 49.6 Å². The summed E-state index contributed by atoms with van der Waals surface area (Å²) in [4.78, 5) is 25.2. The fraction of sp³-hybridized carbons (Fsp3) is 0.300. The summed E-state index contributed by atoms with van der Waals surface area (Å²) in [6.45, 7) is 5.96. The number of carbonyl (C=O) groups excluding carboxylic acids is 2. The Kier molecular flexibility index (Phi) is 7.06. The summed E-state index contributed by atoms with van der Waals surface area (Å²) in [5.74, 6) is -0.442. The van der Waals surface area contributed by atoms with Gasteiger partial charge in [0.1, 0.15) is 6.04 Å². The van der Waals surface area contributed by atoms with Crippen molar-refractivity contribution in [2.45, 2.75) is 33.2 Å². The van der Waals surface area contributed by atoms with Crippen LogP contribution in [-0.4, -0.2) is 17.9 Å².